The highest BCUT2D eigenvalue weighted by Crippen LogP contribution is 2.27. The van der Waals surface area contributed by atoms with E-state index in [-0.39, 0.29) is 5.41 Å². The summed E-state index contributed by atoms with van der Waals surface area (Å²) in [6.07, 6.45) is 5.13. The first kappa shape index (κ1) is 18.3. The zero-order valence-corrected chi connectivity index (χ0v) is 15.8. The number of ether oxygens (including phenoxy) is 1. The predicted molar refractivity (Wildman–Crippen MR) is 99.4 cm³/mol. The lowest BCUT2D eigenvalue weighted by Gasteiger charge is -2.30. The molecule has 0 unspecified atom stereocenters. The van der Waals surface area contributed by atoms with Gasteiger partial charge in [0.2, 0.25) is 0 Å². The van der Waals surface area contributed by atoms with E-state index in [0.29, 0.717) is 0 Å². The molecule has 2 nitrogen and oxygen atoms in total. The third-order valence-electron chi connectivity index (χ3n) is 5.04. The molecule has 1 aliphatic rings. The molecule has 1 aliphatic heterocycles. The zero-order chi connectivity index (χ0) is 16.9. The van der Waals surface area contributed by atoms with Crippen LogP contribution in [0.4, 0.5) is 0 Å². The number of benzene rings is 1. The second kappa shape index (κ2) is 8.19. The van der Waals surface area contributed by atoms with Gasteiger partial charge in [-0.3, -0.25) is 0 Å². The van der Waals surface area contributed by atoms with E-state index < -0.39 is 0 Å². The number of hydrogen-bond acceptors (Lipinski definition) is 2. The van der Waals surface area contributed by atoms with Crippen LogP contribution in [0.15, 0.2) is 18.2 Å². The van der Waals surface area contributed by atoms with Crippen LogP contribution >= 0.6 is 0 Å². The van der Waals surface area contributed by atoms with E-state index >= 15 is 0 Å². The summed E-state index contributed by atoms with van der Waals surface area (Å²) in [6.45, 7) is 15.9. The van der Waals surface area contributed by atoms with Crippen molar-refractivity contribution in [2.24, 2.45) is 5.92 Å². The van der Waals surface area contributed by atoms with Gasteiger partial charge in [-0.25, -0.2) is 0 Å². The number of nitrogens with zero attached hydrogens (tertiary/aromatic N) is 1. The van der Waals surface area contributed by atoms with E-state index in [4.69, 9.17) is 4.74 Å². The Labute approximate surface area is 143 Å². The number of aryl methyl sites for hydroxylation is 1. The van der Waals surface area contributed by atoms with Crippen molar-refractivity contribution >= 4 is 0 Å². The average Bonchev–Trinajstić information content (AvgIpc) is 2.49. The Morgan fingerprint density at radius 1 is 1.13 bits per heavy atom. The Morgan fingerprint density at radius 3 is 2.43 bits per heavy atom. The van der Waals surface area contributed by atoms with Crippen molar-refractivity contribution in [3.8, 4) is 5.75 Å². The van der Waals surface area contributed by atoms with Crippen LogP contribution in [0.1, 0.15) is 64.5 Å². The van der Waals surface area contributed by atoms with Crippen LogP contribution in [0.3, 0.4) is 0 Å². The third-order valence-corrected chi connectivity index (χ3v) is 5.04. The molecule has 1 heterocycles. The lowest BCUT2D eigenvalue weighted by atomic mass is 9.86. The van der Waals surface area contributed by atoms with Gasteiger partial charge in [0.1, 0.15) is 5.75 Å². The molecule has 0 saturated carbocycles. The average molecular weight is 318 g/mol. The summed E-state index contributed by atoms with van der Waals surface area (Å²) in [4.78, 5) is 2.61. The molecular formula is C21H35NO. The number of hydrogen-bond donors (Lipinski definition) is 0. The van der Waals surface area contributed by atoms with E-state index in [0.717, 1.165) is 24.7 Å². The van der Waals surface area contributed by atoms with Gasteiger partial charge in [-0.1, -0.05) is 39.8 Å². The zero-order valence-electron chi connectivity index (χ0n) is 15.8. The molecule has 0 radical (unpaired) electrons. The van der Waals surface area contributed by atoms with E-state index in [1.165, 1.54) is 50.0 Å². The topological polar surface area (TPSA) is 12.5 Å². The largest absolute Gasteiger partial charge is 0.493 e. The van der Waals surface area contributed by atoms with Crippen molar-refractivity contribution in [3.63, 3.8) is 0 Å². The van der Waals surface area contributed by atoms with Crippen LogP contribution in [0.2, 0.25) is 0 Å². The fourth-order valence-electron chi connectivity index (χ4n) is 3.18. The molecule has 1 aromatic rings. The lowest BCUT2D eigenvalue weighted by Crippen LogP contribution is -2.33. The van der Waals surface area contributed by atoms with Crippen molar-refractivity contribution in [2.75, 3.05) is 26.2 Å². The molecule has 2 rings (SSSR count). The first-order valence-corrected chi connectivity index (χ1v) is 9.32. The minimum Gasteiger partial charge on any atom is -0.493 e. The lowest BCUT2D eigenvalue weighted by molar-refractivity contribution is 0.184. The number of unbranched alkanes of at least 4 members (excludes halogenated alkanes) is 1. The molecule has 0 amide bonds. The molecule has 0 aliphatic carbocycles. The molecule has 1 aromatic carbocycles. The van der Waals surface area contributed by atoms with E-state index in [2.05, 4.69) is 57.7 Å². The molecule has 0 spiro atoms. The Hall–Kier alpha value is -1.02. The van der Waals surface area contributed by atoms with Gasteiger partial charge in [0.15, 0.2) is 0 Å². The highest BCUT2D eigenvalue weighted by atomic mass is 16.5. The predicted octanol–water partition coefficient (Wildman–Crippen LogP) is 5.18. The van der Waals surface area contributed by atoms with Gasteiger partial charge in [-0.15, -0.1) is 0 Å². The van der Waals surface area contributed by atoms with E-state index in [1.807, 2.05) is 0 Å². The third kappa shape index (κ3) is 5.84. The number of rotatable bonds is 6. The van der Waals surface area contributed by atoms with Crippen LogP contribution < -0.4 is 4.74 Å². The first-order chi connectivity index (χ1) is 10.9. The molecule has 1 fully saturated rings. The fraction of sp³-hybridized carbons (Fsp3) is 0.714. The summed E-state index contributed by atoms with van der Waals surface area (Å²) >= 11 is 0. The van der Waals surface area contributed by atoms with Crippen molar-refractivity contribution < 1.29 is 4.74 Å². The van der Waals surface area contributed by atoms with Crippen LogP contribution in [-0.2, 0) is 5.41 Å². The van der Waals surface area contributed by atoms with Gasteiger partial charge < -0.3 is 9.64 Å². The second-order valence-corrected chi connectivity index (χ2v) is 8.31. The van der Waals surface area contributed by atoms with Crippen LogP contribution in [0, 0.1) is 12.8 Å². The molecule has 1 saturated heterocycles. The van der Waals surface area contributed by atoms with Gasteiger partial charge in [-0.05, 0) is 80.8 Å². The van der Waals surface area contributed by atoms with Crippen molar-refractivity contribution in [2.45, 2.75) is 65.7 Å². The van der Waals surface area contributed by atoms with E-state index in [9.17, 15) is 0 Å². The first-order valence-electron chi connectivity index (χ1n) is 9.32. The maximum atomic E-state index is 5.99. The molecule has 0 bridgehead atoms. The van der Waals surface area contributed by atoms with Crippen LogP contribution in [-0.4, -0.2) is 31.1 Å². The maximum Gasteiger partial charge on any atom is 0.122 e. The minimum absolute atomic E-state index is 0.204. The number of likely N-dealkylation sites (tertiary alicyclic amines) is 1. The SMILES string of the molecule is Cc1cc(C(C)(C)C)ccc1OCCCCN1CCC(C)CC1. The normalized spacial score (nSPS) is 17.4. The van der Waals surface area contributed by atoms with Crippen molar-refractivity contribution in [3.05, 3.63) is 29.3 Å². The smallest absolute Gasteiger partial charge is 0.122 e. The van der Waals surface area contributed by atoms with Gasteiger partial charge in [0.05, 0.1) is 6.61 Å². The Balaban J connectivity index is 1.68. The summed E-state index contributed by atoms with van der Waals surface area (Å²) in [7, 11) is 0. The summed E-state index contributed by atoms with van der Waals surface area (Å²) in [5.41, 5.74) is 2.83. The van der Waals surface area contributed by atoms with Crippen molar-refractivity contribution in [1.82, 2.24) is 4.90 Å². The molecular weight excluding hydrogens is 282 g/mol. The summed E-state index contributed by atoms with van der Waals surface area (Å²) in [5.74, 6) is 1.97. The molecule has 0 atom stereocenters. The molecule has 0 N–H and O–H groups in total. The van der Waals surface area contributed by atoms with E-state index in [1.54, 1.807) is 0 Å². The summed E-state index contributed by atoms with van der Waals surface area (Å²) < 4.78 is 5.99. The molecule has 130 valence electrons. The monoisotopic (exact) mass is 317 g/mol. The van der Waals surface area contributed by atoms with Gasteiger partial charge in [-0.2, -0.15) is 0 Å². The highest BCUT2D eigenvalue weighted by molar-refractivity contribution is 5.38. The maximum absolute atomic E-state index is 5.99. The second-order valence-electron chi connectivity index (χ2n) is 8.31. The van der Waals surface area contributed by atoms with Gasteiger partial charge in [0.25, 0.3) is 0 Å². The standard InChI is InChI=1S/C21H35NO/c1-17-10-13-22(14-11-17)12-6-7-15-23-20-9-8-19(16-18(20)2)21(3,4)5/h8-9,16-17H,6-7,10-15H2,1-5H3. The number of piperidine rings is 1. The highest BCUT2D eigenvalue weighted by Gasteiger charge is 2.16. The summed E-state index contributed by atoms with van der Waals surface area (Å²) in [5, 5.41) is 0. The fourth-order valence-corrected chi connectivity index (χ4v) is 3.18. The van der Waals surface area contributed by atoms with Gasteiger partial charge in [0, 0.05) is 0 Å². The minimum atomic E-state index is 0.204. The molecule has 23 heavy (non-hydrogen) atoms. The summed E-state index contributed by atoms with van der Waals surface area (Å²) in [6, 6.07) is 6.61. The Bertz CT molecular complexity index is 481. The molecule has 0 aromatic heterocycles. The van der Waals surface area contributed by atoms with Crippen LogP contribution in [0.5, 0.6) is 5.75 Å². The quantitative estimate of drug-likeness (QED) is 0.670. The Kier molecular flexibility index (Phi) is 6.52. The van der Waals surface area contributed by atoms with Crippen LogP contribution in [0.25, 0.3) is 0 Å². The molecule has 2 heteroatoms. The van der Waals surface area contributed by atoms with Gasteiger partial charge >= 0.3 is 0 Å². The Morgan fingerprint density at radius 2 is 1.83 bits per heavy atom. The van der Waals surface area contributed by atoms with Crippen molar-refractivity contribution in [1.29, 1.82) is 0 Å².